The number of aryl methyl sites for hydroxylation is 2. The second-order valence-corrected chi connectivity index (χ2v) is 8.22. The van der Waals surface area contributed by atoms with Gasteiger partial charge in [-0.2, -0.15) is 5.26 Å². The first-order valence-corrected chi connectivity index (χ1v) is 10.7. The monoisotopic (exact) mass is 401 g/mol. The van der Waals surface area contributed by atoms with Crippen molar-refractivity contribution in [3.8, 4) is 6.07 Å². The molecular formula is C25H29N4O+. The molecule has 2 heterocycles. The van der Waals surface area contributed by atoms with E-state index in [2.05, 4.69) is 43.0 Å². The second-order valence-electron chi connectivity index (χ2n) is 8.22. The largest absolute Gasteiger partial charge is 0.360 e. The molecule has 154 valence electrons. The van der Waals surface area contributed by atoms with E-state index >= 15 is 0 Å². The number of piperazine rings is 1. The average Bonchev–Trinajstić information content (AvgIpc) is 3.14. The van der Waals surface area contributed by atoms with Crippen LogP contribution >= 0.6 is 0 Å². The minimum Gasteiger partial charge on any atom is -0.360 e. The highest BCUT2D eigenvalue weighted by Crippen LogP contribution is 2.23. The lowest BCUT2D eigenvalue weighted by Gasteiger charge is -2.34. The van der Waals surface area contributed by atoms with Crippen LogP contribution in [0.3, 0.4) is 0 Å². The topological polar surface area (TPSA) is 53.5 Å². The number of carbonyl (C=O) groups excluding carboxylic acids is 1. The number of Topliss-reactive ketones (excluding diaryl/α,β-unsaturated/α-hetero) is 1. The third-order valence-corrected chi connectivity index (χ3v) is 6.35. The van der Waals surface area contributed by atoms with E-state index in [1.165, 1.54) is 21.7 Å². The Morgan fingerprint density at radius 3 is 2.63 bits per heavy atom. The van der Waals surface area contributed by atoms with Gasteiger partial charge in [0.1, 0.15) is 6.54 Å². The maximum absolute atomic E-state index is 13.2. The fourth-order valence-corrected chi connectivity index (χ4v) is 4.47. The van der Waals surface area contributed by atoms with Crippen molar-refractivity contribution in [1.82, 2.24) is 4.57 Å². The van der Waals surface area contributed by atoms with E-state index in [9.17, 15) is 4.79 Å². The number of nitrogens with one attached hydrogen (secondary N) is 1. The summed E-state index contributed by atoms with van der Waals surface area (Å²) in [5.41, 5.74) is 5.81. The molecule has 5 nitrogen and oxygen atoms in total. The molecule has 3 aromatic rings. The van der Waals surface area contributed by atoms with Crippen LogP contribution in [0, 0.1) is 25.2 Å². The summed E-state index contributed by atoms with van der Waals surface area (Å²) in [6, 6.07) is 16.7. The van der Waals surface area contributed by atoms with Crippen molar-refractivity contribution in [1.29, 1.82) is 5.26 Å². The highest BCUT2D eigenvalue weighted by molar-refractivity contribution is 6.08. The Morgan fingerprint density at radius 1 is 1.10 bits per heavy atom. The van der Waals surface area contributed by atoms with Gasteiger partial charge in [0, 0.05) is 34.9 Å². The van der Waals surface area contributed by atoms with Crippen molar-refractivity contribution in [3.63, 3.8) is 0 Å². The summed E-state index contributed by atoms with van der Waals surface area (Å²) in [6.45, 7) is 9.35. The Labute approximate surface area is 178 Å². The molecule has 0 aliphatic carbocycles. The van der Waals surface area contributed by atoms with Crippen molar-refractivity contribution in [2.24, 2.45) is 0 Å². The zero-order chi connectivity index (χ0) is 21.1. The van der Waals surface area contributed by atoms with Crippen LogP contribution in [0.2, 0.25) is 0 Å². The SMILES string of the molecule is Cc1cccc(N2CC[NH+](CC(=O)c3cn(CCC#N)c4ccccc34)CC2)c1C. The Morgan fingerprint density at radius 2 is 1.87 bits per heavy atom. The van der Waals surface area contributed by atoms with Gasteiger partial charge < -0.3 is 14.4 Å². The number of anilines is 1. The van der Waals surface area contributed by atoms with Gasteiger partial charge in [0.25, 0.3) is 0 Å². The van der Waals surface area contributed by atoms with Crippen molar-refractivity contribution in [2.45, 2.75) is 26.8 Å². The van der Waals surface area contributed by atoms with Crippen LogP contribution in [-0.4, -0.2) is 43.1 Å². The van der Waals surface area contributed by atoms with Crippen LogP contribution < -0.4 is 9.80 Å². The Hall–Kier alpha value is -3.10. The van der Waals surface area contributed by atoms with Crippen LogP contribution in [0.4, 0.5) is 5.69 Å². The van der Waals surface area contributed by atoms with Gasteiger partial charge in [-0.25, -0.2) is 0 Å². The van der Waals surface area contributed by atoms with Gasteiger partial charge in [-0.1, -0.05) is 30.3 Å². The van der Waals surface area contributed by atoms with Crippen molar-refractivity contribution >= 4 is 22.4 Å². The summed E-state index contributed by atoms with van der Waals surface area (Å²) >= 11 is 0. The number of fused-ring (bicyclic) bond motifs is 1. The molecule has 0 amide bonds. The molecule has 1 saturated heterocycles. The van der Waals surface area contributed by atoms with Crippen molar-refractivity contribution in [2.75, 3.05) is 37.6 Å². The Bertz CT molecular complexity index is 1100. The number of benzene rings is 2. The highest BCUT2D eigenvalue weighted by atomic mass is 16.1. The molecular weight excluding hydrogens is 372 g/mol. The van der Waals surface area contributed by atoms with Crippen LogP contribution in [0.25, 0.3) is 10.9 Å². The Kier molecular flexibility index (Phi) is 5.87. The first-order valence-electron chi connectivity index (χ1n) is 10.7. The van der Waals surface area contributed by atoms with E-state index < -0.39 is 0 Å². The number of hydrogen-bond donors (Lipinski definition) is 1. The van der Waals surface area contributed by atoms with Gasteiger partial charge in [-0.3, -0.25) is 4.79 Å². The zero-order valence-electron chi connectivity index (χ0n) is 17.8. The van der Waals surface area contributed by atoms with Crippen LogP contribution in [0.1, 0.15) is 27.9 Å². The highest BCUT2D eigenvalue weighted by Gasteiger charge is 2.25. The molecule has 0 spiro atoms. The van der Waals surface area contributed by atoms with Gasteiger partial charge in [-0.05, 0) is 37.1 Å². The number of carbonyl (C=O) groups is 1. The molecule has 5 heteroatoms. The molecule has 1 aromatic heterocycles. The predicted molar refractivity (Wildman–Crippen MR) is 120 cm³/mol. The molecule has 1 N–H and O–H groups in total. The molecule has 0 radical (unpaired) electrons. The number of aromatic nitrogens is 1. The minimum atomic E-state index is 0.192. The smallest absolute Gasteiger partial charge is 0.219 e. The zero-order valence-corrected chi connectivity index (χ0v) is 17.8. The summed E-state index contributed by atoms with van der Waals surface area (Å²) in [5, 5.41) is 9.92. The lowest BCUT2D eigenvalue weighted by molar-refractivity contribution is -0.892. The fraction of sp³-hybridized carbons (Fsp3) is 0.360. The van der Waals surface area contributed by atoms with Crippen molar-refractivity contribution in [3.05, 3.63) is 65.4 Å². The second kappa shape index (κ2) is 8.73. The van der Waals surface area contributed by atoms with E-state index in [0.717, 1.165) is 42.6 Å². The first kappa shape index (κ1) is 20.2. The fourth-order valence-electron chi connectivity index (χ4n) is 4.47. The molecule has 2 aromatic carbocycles. The number of ketones is 1. The molecule has 0 unspecified atom stereocenters. The standard InChI is InChI=1S/C25H28N4O/c1-19-7-5-10-23(20(19)2)28-15-13-27(14-16-28)18-25(30)22-17-29(12-6-11-26)24-9-4-3-8-21(22)24/h3-5,7-10,17H,6,12-16,18H2,1-2H3/p+1. The summed E-state index contributed by atoms with van der Waals surface area (Å²) in [4.78, 5) is 16.9. The molecule has 4 rings (SSSR count). The third kappa shape index (κ3) is 3.96. The minimum absolute atomic E-state index is 0.192. The van der Waals surface area contributed by atoms with E-state index in [-0.39, 0.29) is 5.78 Å². The number of nitriles is 1. The number of nitrogens with zero attached hydrogens (tertiary/aromatic N) is 3. The molecule has 30 heavy (non-hydrogen) atoms. The summed E-state index contributed by atoms with van der Waals surface area (Å²) in [7, 11) is 0. The van der Waals surface area contributed by atoms with Crippen LogP contribution in [-0.2, 0) is 6.54 Å². The van der Waals surface area contributed by atoms with Crippen molar-refractivity contribution < 1.29 is 9.69 Å². The molecule has 1 aliphatic rings. The molecule has 0 saturated carbocycles. The third-order valence-electron chi connectivity index (χ3n) is 6.35. The van der Waals surface area contributed by atoms with E-state index in [1.807, 2.05) is 35.0 Å². The van der Waals surface area contributed by atoms with E-state index in [4.69, 9.17) is 5.26 Å². The number of rotatable bonds is 6. The van der Waals surface area contributed by atoms with E-state index in [1.54, 1.807) is 0 Å². The average molecular weight is 402 g/mol. The van der Waals surface area contributed by atoms with Crippen LogP contribution in [0.5, 0.6) is 0 Å². The lowest BCUT2D eigenvalue weighted by Crippen LogP contribution is -3.15. The predicted octanol–water partition coefficient (Wildman–Crippen LogP) is 2.76. The van der Waals surface area contributed by atoms with Gasteiger partial charge in [-0.15, -0.1) is 0 Å². The maximum Gasteiger partial charge on any atom is 0.219 e. The van der Waals surface area contributed by atoms with Gasteiger partial charge in [0.2, 0.25) is 5.78 Å². The summed E-state index contributed by atoms with van der Waals surface area (Å²) in [6.07, 6.45) is 2.38. The van der Waals surface area contributed by atoms with Gasteiger partial charge in [0.05, 0.1) is 38.7 Å². The maximum atomic E-state index is 13.2. The summed E-state index contributed by atoms with van der Waals surface area (Å²) < 4.78 is 2.04. The van der Waals surface area contributed by atoms with Gasteiger partial charge >= 0.3 is 0 Å². The quantitative estimate of drug-likeness (QED) is 0.646. The molecule has 1 fully saturated rings. The number of hydrogen-bond acceptors (Lipinski definition) is 3. The number of quaternary nitrogens is 1. The normalized spacial score (nSPS) is 14.8. The molecule has 0 bridgehead atoms. The lowest BCUT2D eigenvalue weighted by atomic mass is 10.1. The summed E-state index contributed by atoms with van der Waals surface area (Å²) in [5.74, 6) is 0.192. The van der Waals surface area contributed by atoms with E-state index in [0.29, 0.717) is 19.5 Å². The van der Waals surface area contributed by atoms with Crippen LogP contribution in [0.15, 0.2) is 48.7 Å². The molecule has 1 aliphatic heterocycles. The molecule has 0 atom stereocenters. The Balaban J connectivity index is 1.44. The van der Waals surface area contributed by atoms with Gasteiger partial charge in [0.15, 0.2) is 0 Å². The first-order chi connectivity index (χ1) is 14.6. The number of para-hydroxylation sites is 1.